The van der Waals surface area contributed by atoms with Crippen LogP contribution in [0.1, 0.15) is 16.7 Å². The van der Waals surface area contributed by atoms with E-state index in [4.69, 9.17) is 5.73 Å². The fraction of sp³-hybridized carbons (Fsp3) is 0.0938. The highest BCUT2D eigenvalue weighted by molar-refractivity contribution is 6.17. The topological polar surface area (TPSA) is 110 Å². The van der Waals surface area contributed by atoms with E-state index in [1.165, 1.54) is 12.1 Å². The average Bonchev–Trinajstić information content (AvgIpc) is 2.97. The summed E-state index contributed by atoms with van der Waals surface area (Å²) in [5, 5.41) is 8.80. The number of nitrogen functional groups attached to an aromatic ring is 1. The third kappa shape index (κ3) is 4.98. The highest BCUT2D eigenvalue weighted by atomic mass is 19.4. The molecular formula is C32H23F3N4O3. The van der Waals surface area contributed by atoms with Gasteiger partial charge in [-0.25, -0.2) is 4.79 Å². The van der Waals surface area contributed by atoms with Crippen molar-refractivity contribution in [3.63, 3.8) is 0 Å². The average molecular weight is 569 g/mol. The number of carbonyl (C=O) groups excluding carboxylic acids is 1. The van der Waals surface area contributed by atoms with Gasteiger partial charge in [-0.05, 0) is 61.6 Å². The molecule has 42 heavy (non-hydrogen) atoms. The molecule has 4 N–H and O–H groups in total. The SMILES string of the molecule is Nc1c(NC(=O)Cc2ccc(C(F)(F)F)cc2)c(=O)[nH]c(=O)n1Cc1ccc2ccc3c4ccccc4ccc3c2c1. The summed E-state index contributed by atoms with van der Waals surface area (Å²) in [5.41, 5.74) is 4.47. The van der Waals surface area contributed by atoms with E-state index in [1.807, 2.05) is 36.4 Å². The summed E-state index contributed by atoms with van der Waals surface area (Å²) in [6, 6.07) is 26.2. The molecule has 0 saturated heterocycles. The number of nitrogens with zero attached hydrogens (tertiary/aromatic N) is 1. The number of fused-ring (bicyclic) bond motifs is 5. The number of amides is 1. The van der Waals surface area contributed by atoms with E-state index in [0.29, 0.717) is 5.56 Å². The van der Waals surface area contributed by atoms with Crippen molar-refractivity contribution in [3.05, 3.63) is 129 Å². The molecule has 0 fully saturated rings. The second-order valence-corrected chi connectivity index (χ2v) is 10.0. The van der Waals surface area contributed by atoms with Gasteiger partial charge in [-0.15, -0.1) is 0 Å². The van der Waals surface area contributed by atoms with Crippen LogP contribution in [-0.4, -0.2) is 15.5 Å². The van der Waals surface area contributed by atoms with Crippen LogP contribution in [0.5, 0.6) is 0 Å². The van der Waals surface area contributed by atoms with Crippen molar-refractivity contribution < 1.29 is 18.0 Å². The van der Waals surface area contributed by atoms with Crippen molar-refractivity contribution in [2.24, 2.45) is 0 Å². The lowest BCUT2D eigenvalue weighted by Crippen LogP contribution is -2.35. The zero-order chi connectivity index (χ0) is 29.6. The quantitative estimate of drug-likeness (QED) is 0.228. The van der Waals surface area contributed by atoms with Gasteiger partial charge < -0.3 is 11.1 Å². The molecule has 0 saturated carbocycles. The Balaban J connectivity index is 1.30. The number of H-pyrrole nitrogens is 1. The molecule has 0 aliphatic heterocycles. The van der Waals surface area contributed by atoms with Crippen LogP contribution in [0, 0.1) is 0 Å². The Bertz CT molecular complexity index is 2130. The molecule has 0 aliphatic rings. The van der Waals surface area contributed by atoms with E-state index < -0.39 is 28.9 Å². The van der Waals surface area contributed by atoms with E-state index in [9.17, 15) is 27.6 Å². The Kier molecular flexibility index (Phi) is 6.53. The second-order valence-electron chi connectivity index (χ2n) is 10.0. The van der Waals surface area contributed by atoms with E-state index in [1.54, 1.807) is 0 Å². The Hall–Kier alpha value is -5.38. The van der Waals surface area contributed by atoms with E-state index >= 15 is 0 Å². The first kappa shape index (κ1) is 26.8. The van der Waals surface area contributed by atoms with Crippen molar-refractivity contribution in [2.45, 2.75) is 19.1 Å². The molecule has 1 amide bonds. The van der Waals surface area contributed by atoms with E-state index in [2.05, 4.69) is 40.6 Å². The van der Waals surface area contributed by atoms with Crippen LogP contribution in [0.3, 0.4) is 0 Å². The number of halogens is 3. The molecule has 0 spiro atoms. The van der Waals surface area contributed by atoms with Crippen molar-refractivity contribution in [1.82, 2.24) is 9.55 Å². The minimum absolute atomic E-state index is 0.0170. The minimum atomic E-state index is -4.50. The van der Waals surface area contributed by atoms with Gasteiger partial charge in [-0.2, -0.15) is 13.2 Å². The van der Waals surface area contributed by atoms with Gasteiger partial charge in [-0.3, -0.25) is 19.1 Å². The molecule has 0 bridgehead atoms. The summed E-state index contributed by atoms with van der Waals surface area (Å²) < 4.78 is 39.6. The molecule has 1 heterocycles. The molecule has 10 heteroatoms. The van der Waals surface area contributed by atoms with Gasteiger partial charge in [0.2, 0.25) is 5.91 Å². The Morgan fingerprint density at radius 2 is 1.40 bits per heavy atom. The number of hydrogen-bond acceptors (Lipinski definition) is 4. The molecule has 0 atom stereocenters. The molecule has 6 rings (SSSR count). The van der Waals surface area contributed by atoms with Gasteiger partial charge >= 0.3 is 11.9 Å². The molecule has 0 radical (unpaired) electrons. The van der Waals surface area contributed by atoms with Crippen molar-refractivity contribution in [2.75, 3.05) is 11.1 Å². The first-order valence-corrected chi connectivity index (χ1v) is 13.0. The molecule has 1 aromatic heterocycles. The summed E-state index contributed by atoms with van der Waals surface area (Å²) >= 11 is 0. The molecular weight excluding hydrogens is 545 g/mol. The maximum Gasteiger partial charge on any atom is 0.416 e. The van der Waals surface area contributed by atoms with Gasteiger partial charge in [0.1, 0.15) is 11.5 Å². The Morgan fingerprint density at radius 1 is 0.786 bits per heavy atom. The molecule has 5 aromatic carbocycles. The van der Waals surface area contributed by atoms with Crippen LogP contribution < -0.4 is 22.3 Å². The van der Waals surface area contributed by atoms with Crippen LogP contribution in [0.2, 0.25) is 0 Å². The number of benzene rings is 5. The minimum Gasteiger partial charge on any atom is -0.383 e. The number of nitrogens with one attached hydrogen (secondary N) is 2. The second kappa shape index (κ2) is 10.2. The zero-order valence-electron chi connectivity index (χ0n) is 22.0. The largest absolute Gasteiger partial charge is 0.416 e. The fourth-order valence-electron chi connectivity index (χ4n) is 5.19. The standard InChI is InChI=1S/C32H23F3N4O3/c33-32(34,35)22-11-6-18(7-12-22)16-27(40)37-28-29(36)39(31(42)38-30(28)41)17-19-5-8-21-10-13-24-23-4-2-1-3-20(23)9-14-25(24)26(21)15-19/h1-15H,16-17,36H2,(H,37,40)(H,38,41,42). The smallest absolute Gasteiger partial charge is 0.383 e. The molecule has 0 unspecified atom stereocenters. The molecule has 210 valence electrons. The number of aromatic amines is 1. The van der Waals surface area contributed by atoms with Gasteiger partial charge in [0.15, 0.2) is 0 Å². The number of carbonyl (C=O) groups is 1. The van der Waals surface area contributed by atoms with Gasteiger partial charge in [0.25, 0.3) is 5.56 Å². The first-order valence-electron chi connectivity index (χ1n) is 13.0. The van der Waals surface area contributed by atoms with Crippen molar-refractivity contribution >= 4 is 49.7 Å². The van der Waals surface area contributed by atoms with Crippen LogP contribution in [0.25, 0.3) is 32.3 Å². The number of nitrogens with two attached hydrogens (primary N) is 1. The van der Waals surface area contributed by atoms with E-state index in [-0.39, 0.29) is 24.5 Å². The number of rotatable bonds is 5. The number of alkyl halides is 3. The third-order valence-corrected chi connectivity index (χ3v) is 7.30. The zero-order valence-corrected chi connectivity index (χ0v) is 22.0. The number of anilines is 2. The van der Waals surface area contributed by atoms with Crippen LogP contribution in [0.4, 0.5) is 24.7 Å². The normalized spacial score (nSPS) is 11.8. The summed E-state index contributed by atoms with van der Waals surface area (Å²) in [4.78, 5) is 40.1. The summed E-state index contributed by atoms with van der Waals surface area (Å²) in [5.74, 6) is -0.921. The summed E-state index contributed by atoms with van der Waals surface area (Å²) in [7, 11) is 0. The predicted octanol–water partition coefficient (Wildman–Crippen LogP) is 5.83. The van der Waals surface area contributed by atoms with Crippen LogP contribution >= 0.6 is 0 Å². The lowest BCUT2D eigenvalue weighted by molar-refractivity contribution is -0.137. The predicted molar refractivity (Wildman–Crippen MR) is 158 cm³/mol. The van der Waals surface area contributed by atoms with Gasteiger partial charge in [0, 0.05) is 0 Å². The van der Waals surface area contributed by atoms with Gasteiger partial charge in [0.05, 0.1) is 18.5 Å². The van der Waals surface area contributed by atoms with Crippen LogP contribution in [0.15, 0.2) is 101 Å². The third-order valence-electron chi connectivity index (χ3n) is 7.30. The molecule has 7 nitrogen and oxygen atoms in total. The summed E-state index contributed by atoms with van der Waals surface area (Å²) in [6.07, 6.45) is -4.80. The highest BCUT2D eigenvalue weighted by Gasteiger charge is 2.30. The Morgan fingerprint density at radius 3 is 2.12 bits per heavy atom. The number of aromatic nitrogens is 2. The molecule has 0 aliphatic carbocycles. The van der Waals surface area contributed by atoms with Crippen molar-refractivity contribution in [3.8, 4) is 0 Å². The van der Waals surface area contributed by atoms with E-state index in [0.717, 1.165) is 54.6 Å². The molecule has 6 aromatic rings. The summed E-state index contributed by atoms with van der Waals surface area (Å²) in [6.45, 7) is 0.0170. The maximum atomic E-state index is 12.8. The van der Waals surface area contributed by atoms with Gasteiger partial charge in [-0.1, -0.05) is 72.8 Å². The lowest BCUT2D eigenvalue weighted by atomic mass is 9.96. The lowest BCUT2D eigenvalue weighted by Gasteiger charge is -2.14. The first-order chi connectivity index (χ1) is 20.1. The maximum absolute atomic E-state index is 12.8. The Labute approximate surface area is 236 Å². The van der Waals surface area contributed by atoms with Crippen molar-refractivity contribution in [1.29, 1.82) is 0 Å². The fourth-order valence-corrected chi connectivity index (χ4v) is 5.19. The number of hydrogen-bond donors (Lipinski definition) is 3. The monoisotopic (exact) mass is 568 g/mol. The highest BCUT2D eigenvalue weighted by Crippen LogP contribution is 2.32. The van der Waals surface area contributed by atoms with Crippen LogP contribution in [-0.2, 0) is 23.9 Å².